The SMILES string of the molecule is C=CCCNc1cc(F)c(Br)cc1[N+](=O)[O-]. The summed E-state index contributed by atoms with van der Waals surface area (Å²) >= 11 is 2.91. The molecule has 16 heavy (non-hydrogen) atoms. The average Bonchev–Trinajstić information content (AvgIpc) is 2.23. The summed E-state index contributed by atoms with van der Waals surface area (Å²) in [4.78, 5) is 10.2. The molecule has 0 bridgehead atoms. The summed E-state index contributed by atoms with van der Waals surface area (Å²) in [6.07, 6.45) is 2.32. The lowest BCUT2D eigenvalue weighted by Crippen LogP contribution is -2.04. The number of nitrogens with zero attached hydrogens (tertiary/aromatic N) is 1. The predicted molar refractivity (Wildman–Crippen MR) is 64.1 cm³/mol. The van der Waals surface area contributed by atoms with Crippen LogP contribution in [0.4, 0.5) is 15.8 Å². The molecular weight excluding hydrogens is 279 g/mol. The number of nitrogens with one attached hydrogen (secondary N) is 1. The van der Waals surface area contributed by atoms with E-state index in [1.165, 1.54) is 0 Å². The van der Waals surface area contributed by atoms with Crippen molar-refractivity contribution >= 4 is 27.3 Å². The molecule has 1 rings (SSSR count). The molecule has 0 amide bonds. The Balaban J connectivity index is 3.00. The number of hydrogen-bond donors (Lipinski definition) is 1. The molecule has 0 unspecified atom stereocenters. The molecule has 0 radical (unpaired) electrons. The third kappa shape index (κ3) is 3.03. The zero-order valence-corrected chi connectivity index (χ0v) is 9.96. The van der Waals surface area contributed by atoms with E-state index in [9.17, 15) is 14.5 Å². The maximum absolute atomic E-state index is 13.2. The van der Waals surface area contributed by atoms with Crippen LogP contribution < -0.4 is 5.32 Å². The van der Waals surface area contributed by atoms with Crippen LogP contribution >= 0.6 is 15.9 Å². The van der Waals surface area contributed by atoms with Gasteiger partial charge in [-0.25, -0.2) is 4.39 Å². The summed E-state index contributed by atoms with van der Waals surface area (Å²) < 4.78 is 13.3. The fourth-order valence-corrected chi connectivity index (χ4v) is 1.47. The Labute approximate surface area is 100 Å². The van der Waals surface area contributed by atoms with Crippen LogP contribution in [-0.2, 0) is 0 Å². The minimum atomic E-state index is -0.555. The second kappa shape index (κ2) is 5.60. The van der Waals surface area contributed by atoms with Gasteiger partial charge in [-0.3, -0.25) is 10.1 Å². The van der Waals surface area contributed by atoms with Gasteiger partial charge < -0.3 is 5.32 Å². The Morgan fingerprint density at radius 2 is 2.31 bits per heavy atom. The molecule has 0 aromatic heterocycles. The molecular formula is C10H10BrFN2O2. The highest BCUT2D eigenvalue weighted by atomic mass is 79.9. The smallest absolute Gasteiger partial charge is 0.293 e. The first-order chi connectivity index (χ1) is 7.56. The summed E-state index contributed by atoms with van der Waals surface area (Å²) in [5.74, 6) is -0.535. The van der Waals surface area contributed by atoms with Crippen LogP contribution in [0.5, 0.6) is 0 Å². The zero-order chi connectivity index (χ0) is 12.1. The van der Waals surface area contributed by atoms with Gasteiger partial charge in [0, 0.05) is 18.7 Å². The van der Waals surface area contributed by atoms with Gasteiger partial charge in [0.2, 0.25) is 0 Å². The number of anilines is 1. The topological polar surface area (TPSA) is 55.2 Å². The molecule has 0 heterocycles. The second-order valence-corrected chi connectivity index (χ2v) is 3.90. The monoisotopic (exact) mass is 288 g/mol. The van der Waals surface area contributed by atoms with Crippen LogP contribution in [0.2, 0.25) is 0 Å². The van der Waals surface area contributed by atoms with E-state index in [0.29, 0.717) is 13.0 Å². The summed E-state index contributed by atoms with van der Waals surface area (Å²) in [7, 11) is 0. The molecule has 0 fully saturated rings. The van der Waals surface area contributed by atoms with Gasteiger partial charge in [-0.05, 0) is 22.4 Å². The largest absolute Gasteiger partial charge is 0.379 e. The van der Waals surface area contributed by atoms with Crippen molar-refractivity contribution in [2.24, 2.45) is 0 Å². The van der Waals surface area contributed by atoms with E-state index in [-0.39, 0.29) is 15.8 Å². The quantitative estimate of drug-likeness (QED) is 0.391. The molecule has 6 heteroatoms. The van der Waals surface area contributed by atoms with Crippen molar-refractivity contribution in [3.8, 4) is 0 Å². The van der Waals surface area contributed by atoms with E-state index in [0.717, 1.165) is 12.1 Å². The maximum Gasteiger partial charge on any atom is 0.293 e. The summed E-state index contributed by atoms with van der Waals surface area (Å²) in [5, 5.41) is 13.5. The van der Waals surface area contributed by atoms with Crippen LogP contribution in [0.25, 0.3) is 0 Å². The van der Waals surface area contributed by atoms with Crippen molar-refractivity contribution in [2.75, 3.05) is 11.9 Å². The van der Waals surface area contributed by atoms with Crippen LogP contribution in [0.1, 0.15) is 6.42 Å². The molecule has 0 saturated heterocycles. The Bertz CT molecular complexity index is 424. The van der Waals surface area contributed by atoms with Gasteiger partial charge in [-0.15, -0.1) is 6.58 Å². The van der Waals surface area contributed by atoms with Crippen LogP contribution in [-0.4, -0.2) is 11.5 Å². The van der Waals surface area contributed by atoms with Crippen LogP contribution in [0.3, 0.4) is 0 Å². The Morgan fingerprint density at radius 1 is 1.62 bits per heavy atom. The van der Waals surface area contributed by atoms with E-state index in [4.69, 9.17) is 0 Å². The van der Waals surface area contributed by atoms with E-state index in [1.54, 1.807) is 6.08 Å². The van der Waals surface area contributed by atoms with Gasteiger partial charge in [-0.1, -0.05) is 6.08 Å². The fraction of sp³-hybridized carbons (Fsp3) is 0.200. The highest BCUT2D eigenvalue weighted by molar-refractivity contribution is 9.10. The van der Waals surface area contributed by atoms with E-state index in [2.05, 4.69) is 27.8 Å². The summed E-state index contributed by atoms with van der Waals surface area (Å²) in [6, 6.07) is 2.25. The number of hydrogen-bond acceptors (Lipinski definition) is 3. The van der Waals surface area contributed by atoms with Gasteiger partial charge >= 0.3 is 0 Å². The maximum atomic E-state index is 13.2. The fourth-order valence-electron chi connectivity index (χ4n) is 1.14. The molecule has 0 spiro atoms. The minimum absolute atomic E-state index is 0.0773. The van der Waals surface area contributed by atoms with Crippen molar-refractivity contribution in [3.63, 3.8) is 0 Å². The molecule has 0 aliphatic heterocycles. The van der Waals surface area contributed by atoms with Gasteiger partial charge in [-0.2, -0.15) is 0 Å². The summed E-state index contributed by atoms with van der Waals surface area (Å²) in [6.45, 7) is 4.00. The third-order valence-electron chi connectivity index (χ3n) is 1.90. The number of nitro benzene ring substituents is 1. The molecule has 4 nitrogen and oxygen atoms in total. The Hall–Kier alpha value is -1.43. The van der Waals surface area contributed by atoms with Crippen LogP contribution in [0, 0.1) is 15.9 Å². The molecule has 1 N–H and O–H groups in total. The van der Waals surface area contributed by atoms with Crippen molar-refractivity contribution < 1.29 is 9.31 Å². The molecule has 86 valence electrons. The highest BCUT2D eigenvalue weighted by Crippen LogP contribution is 2.30. The number of nitro groups is 1. The average molecular weight is 289 g/mol. The van der Waals surface area contributed by atoms with E-state index < -0.39 is 10.7 Å². The van der Waals surface area contributed by atoms with Gasteiger partial charge in [0.1, 0.15) is 11.5 Å². The van der Waals surface area contributed by atoms with Crippen molar-refractivity contribution in [1.82, 2.24) is 0 Å². The van der Waals surface area contributed by atoms with E-state index in [1.807, 2.05) is 0 Å². The lowest BCUT2D eigenvalue weighted by atomic mass is 10.2. The third-order valence-corrected chi connectivity index (χ3v) is 2.51. The van der Waals surface area contributed by atoms with Gasteiger partial charge in [0.15, 0.2) is 0 Å². The number of halogens is 2. The normalized spacial score (nSPS) is 9.88. The standard InChI is InChI=1S/C10H10BrFN2O2/c1-2-3-4-13-9-6-8(12)7(11)5-10(9)14(15)16/h2,5-6,13H,1,3-4H2. The van der Waals surface area contributed by atoms with E-state index >= 15 is 0 Å². The first-order valence-electron chi connectivity index (χ1n) is 4.54. The van der Waals surface area contributed by atoms with Crippen LogP contribution in [0.15, 0.2) is 29.3 Å². The lowest BCUT2D eigenvalue weighted by Gasteiger charge is -2.06. The lowest BCUT2D eigenvalue weighted by molar-refractivity contribution is -0.384. The highest BCUT2D eigenvalue weighted by Gasteiger charge is 2.16. The zero-order valence-electron chi connectivity index (χ0n) is 8.37. The Kier molecular flexibility index (Phi) is 4.42. The van der Waals surface area contributed by atoms with Gasteiger partial charge in [0.05, 0.1) is 9.40 Å². The number of rotatable bonds is 5. The first kappa shape index (κ1) is 12.6. The molecule has 1 aromatic rings. The Morgan fingerprint density at radius 3 is 2.88 bits per heavy atom. The van der Waals surface area contributed by atoms with Crippen molar-refractivity contribution in [3.05, 3.63) is 45.2 Å². The summed E-state index contributed by atoms with van der Waals surface area (Å²) in [5.41, 5.74) is 0.0184. The molecule has 0 aliphatic rings. The number of benzene rings is 1. The van der Waals surface area contributed by atoms with Gasteiger partial charge in [0.25, 0.3) is 5.69 Å². The molecule has 0 atom stereocenters. The van der Waals surface area contributed by atoms with Crippen molar-refractivity contribution in [1.29, 1.82) is 0 Å². The predicted octanol–water partition coefficient (Wildman–Crippen LogP) is 3.48. The molecule has 0 aliphatic carbocycles. The molecule has 0 saturated carbocycles. The second-order valence-electron chi connectivity index (χ2n) is 3.04. The molecule has 1 aromatic carbocycles. The minimum Gasteiger partial charge on any atom is -0.379 e. The van der Waals surface area contributed by atoms with Crippen molar-refractivity contribution in [2.45, 2.75) is 6.42 Å². The first-order valence-corrected chi connectivity index (χ1v) is 5.33.